The Bertz CT molecular complexity index is 1210. The SMILES string of the molecule is Cc1cc(Nc2ncc(-c3ncno3)c(N)n2)ccc1C(=O)N(C)C.OCCc1ccccc1. The molecule has 0 aliphatic rings. The zero-order valence-electron chi connectivity index (χ0n) is 19.3. The lowest BCUT2D eigenvalue weighted by Gasteiger charge is -2.14. The van der Waals surface area contributed by atoms with Crippen LogP contribution in [-0.4, -0.2) is 56.7 Å². The molecule has 0 radical (unpaired) electrons. The molecule has 0 saturated heterocycles. The summed E-state index contributed by atoms with van der Waals surface area (Å²) in [7, 11) is 3.44. The second kappa shape index (κ2) is 11.5. The van der Waals surface area contributed by atoms with Crippen LogP contribution in [-0.2, 0) is 6.42 Å². The lowest BCUT2D eigenvalue weighted by atomic mass is 10.1. The fourth-order valence-corrected chi connectivity index (χ4v) is 3.04. The topological polar surface area (TPSA) is 143 Å². The van der Waals surface area contributed by atoms with Gasteiger partial charge in [0.2, 0.25) is 5.95 Å². The molecule has 0 bridgehead atoms. The van der Waals surface area contributed by atoms with Gasteiger partial charge < -0.3 is 25.6 Å². The molecule has 0 unspecified atom stereocenters. The highest BCUT2D eigenvalue weighted by atomic mass is 16.5. The number of nitrogens with zero attached hydrogens (tertiary/aromatic N) is 5. The Kier molecular flexibility index (Phi) is 8.25. The number of carbonyl (C=O) groups is 1. The first-order valence-electron chi connectivity index (χ1n) is 10.5. The van der Waals surface area contributed by atoms with Crippen LogP contribution in [0.1, 0.15) is 21.5 Å². The van der Waals surface area contributed by atoms with E-state index in [1.807, 2.05) is 43.3 Å². The maximum atomic E-state index is 12.1. The molecule has 4 rings (SSSR count). The third kappa shape index (κ3) is 6.36. The van der Waals surface area contributed by atoms with E-state index in [9.17, 15) is 4.79 Å². The Hall–Kier alpha value is -4.31. The molecule has 4 aromatic rings. The number of hydrogen-bond acceptors (Lipinski definition) is 9. The van der Waals surface area contributed by atoms with Crippen LogP contribution in [0.3, 0.4) is 0 Å². The molecule has 2 heterocycles. The fraction of sp³-hybridized carbons (Fsp3) is 0.208. The van der Waals surface area contributed by atoms with Crippen molar-refractivity contribution in [3.8, 4) is 11.5 Å². The Morgan fingerprint density at radius 2 is 1.91 bits per heavy atom. The van der Waals surface area contributed by atoms with E-state index < -0.39 is 0 Å². The van der Waals surface area contributed by atoms with Crippen LogP contribution in [0.25, 0.3) is 11.5 Å². The number of hydrogen-bond donors (Lipinski definition) is 3. The van der Waals surface area contributed by atoms with Crippen molar-refractivity contribution in [1.29, 1.82) is 0 Å². The Morgan fingerprint density at radius 1 is 1.15 bits per heavy atom. The maximum absolute atomic E-state index is 12.1. The summed E-state index contributed by atoms with van der Waals surface area (Å²) in [4.78, 5) is 25.9. The lowest BCUT2D eigenvalue weighted by molar-refractivity contribution is 0.0827. The minimum Gasteiger partial charge on any atom is -0.396 e. The summed E-state index contributed by atoms with van der Waals surface area (Å²) in [6, 6.07) is 15.3. The number of carbonyl (C=O) groups excluding carboxylic acids is 1. The molecule has 0 fully saturated rings. The average Bonchev–Trinajstić information content (AvgIpc) is 3.35. The standard InChI is InChI=1S/C16H17N7O2.C8H10O/c1-9-6-10(4-5-11(9)15(24)23(2)3)21-16-18-7-12(13(17)22-16)14-19-8-20-25-14;9-7-6-8-4-2-1-3-5-8/h4-8H,1-3H3,(H3,17,18,21,22);1-5,9H,6-7H2. The van der Waals surface area contributed by atoms with Crippen LogP contribution < -0.4 is 11.1 Å². The van der Waals surface area contributed by atoms with Gasteiger partial charge >= 0.3 is 0 Å². The molecule has 2 aromatic carbocycles. The number of nitrogens with two attached hydrogens (primary N) is 1. The van der Waals surface area contributed by atoms with Crippen molar-refractivity contribution in [2.24, 2.45) is 0 Å². The molecule has 34 heavy (non-hydrogen) atoms. The highest BCUT2D eigenvalue weighted by Crippen LogP contribution is 2.24. The van der Waals surface area contributed by atoms with Crippen LogP contribution in [0.4, 0.5) is 17.5 Å². The zero-order chi connectivity index (χ0) is 24.5. The monoisotopic (exact) mass is 461 g/mol. The summed E-state index contributed by atoms with van der Waals surface area (Å²) in [5.41, 5.74) is 9.82. The molecule has 0 saturated carbocycles. The van der Waals surface area contributed by atoms with Crippen molar-refractivity contribution in [2.75, 3.05) is 31.8 Å². The number of anilines is 3. The quantitative estimate of drug-likeness (QED) is 0.394. The van der Waals surface area contributed by atoms with E-state index in [2.05, 4.69) is 25.4 Å². The van der Waals surface area contributed by atoms with Gasteiger partial charge in [-0.1, -0.05) is 35.5 Å². The first-order chi connectivity index (χ1) is 16.4. The van der Waals surface area contributed by atoms with Gasteiger partial charge in [0.05, 0.1) is 0 Å². The van der Waals surface area contributed by atoms with Crippen molar-refractivity contribution in [2.45, 2.75) is 13.3 Å². The summed E-state index contributed by atoms with van der Waals surface area (Å²) in [6.45, 7) is 2.11. The van der Waals surface area contributed by atoms with Crippen LogP contribution in [0.2, 0.25) is 0 Å². The summed E-state index contributed by atoms with van der Waals surface area (Å²) < 4.78 is 4.95. The van der Waals surface area contributed by atoms with Crippen LogP contribution in [0, 0.1) is 6.92 Å². The van der Waals surface area contributed by atoms with Crippen molar-refractivity contribution < 1.29 is 14.4 Å². The van der Waals surface area contributed by atoms with E-state index in [0.717, 1.165) is 17.7 Å². The highest BCUT2D eigenvalue weighted by Gasteiger charge is 2.13. The molecule has 1 amide bonds. The van der Waals surface area contributed by atoms with Gasteiger partial charge in [0.25, 0.3) is 11.8 Å². The molecule has 0 atom stereocenters. The van der Waals surface area contributed by atoms with E-state index in [1.54, 1.807) is 26.2 Å². The average molecular weight is 462 g/mol. The maximum Gasteiger partial charge on any atom is 0.262 e. The van der Waals surface area contributed by atoms with Gasteiger partial charge in [-0.15, -0.1) is 0 Å². The third-order valence-electron chi connectivity index (χ3n) is 4.77. The first kappa shape index (κ1) is 24.3. The Balaban J connectivity index is 0.000000302. The van der Waals surface area contributed by atoms with Crippen LogP contribution >= 0.6 is 0 Å². The van der Waals surface area contributed by atoms with E-state index in [1.165, 1.54) is 23.0 Å². The van der Waals surface area contributed by atoms with E-state index in [4.69, 9.17) is 15.4 Å². The smallest absolute Gasteiger partial charge is 0.262 e. The summed E-state index contributed by atoms with van der Waals surface area (Å²) in [5.74, 6) is 0.754. The summed E-state index contributed by atoms with van der Waals surface area (Å²) in [6.07, 6.45) is 3.55. The molecule has 2 aromatic heterocycles. The predicted octanol–water partition coefficient (Wildman–Crippen LogP) is 3.08. The molecular formula is C24H27N7O3. The lowest BCUT2D eigenvalue weighted by Crippen LogP contribution is -2.22. The molecular weight excluding hydrogens is 434 g/mol. The van der Waals surface area contributed by atoms with Crippen molar-refractivity contribution in [1.82, 2.24) is 25.0 Å². The Morgan fingerprint density at radius 3 is 2.50 bits per heavy atom. The molecule has 0 aliphatic carbocycles. The van der Waals surface area contributed by atoms with Crippen molar-refractivity contribution in [3.63, 3.8) is 0 Å². The number of aliphatic hydroxyl groups excluding tert-OH is 1. The van der Waals surface area contributed by atoms with E-state index in [-0.39, 0.29) is 24.2 Å². The number of nitrogen functional groups attached to an aromatic ring is 1. The second-order valence-corrected chi connectivity index (χ2v) is 7.55. The number of aryl methyl sites for hydroxylation is 1. The summed E-state index contributed by atoms with van der Waals surface area (Å²) in [5, 5.41) is 15.1. The van der Waals surface area contributed by atoms with Gasteiger partial charge in [-0.3, -0.25) is 4.79 Å². The van der Waals surface area contributed by atoms with Crippen LogP contribution in [0.5, 0.6) is 0 Å². The number of nitrogens with one attached hydrogen (secondary N) is 1. The highest BCUT2D eigenvalue weighted by molar-refractivity contribution is 5.95. The number of benzene rings is 2. The van der Waals surface area contributed by atoms with Gasteiger partial charge in [0.15, 0.2) is 6.33 Å². The van der Waals surface area contributed by atoms with Crippen molar-refractivity contribution >= 4 is 23.4 Å². The van der Waals surface area contributed by atoms with Gasteiger partial charge in [0, 0.05) is 38.1 Å². The van der Waals surface area contributed by atoms with Gasteiger partial charge in [-0.25, -0.2) is 4.98 Å². The minimum atomic E-state index is -0.0477. The zero-order valence-corrected chi connectivity index (χ0v) is 19.3. The van der Waals surface area contributed by atoms with Gasteiger partial charge in [0.1, 0.15) is 11.4 Å². The molecule has 10 heteroatoms. The third-order valence-corrected chi connectivity index (χ3v) is 4.77. The van der Waals surface area contributed by atoms with Gasteiger partial charge in [-0.2, -0.15) is 9.97 Å². The Labute approximate surface area is 197 Å². The number of rotatable bonds is 6. The fourth-order valence-electron chi connectivity index (χ4n) is 3.04. The van der Waals surface area contributed by atoms with E-state index >= 15 is 0 Å². The predicted molar refractivity (Wildman–Crippen MR) is 129 cm³/mol. The number of aliphatic hydroxyl groups is 1. The van der Waals surface area contributed by atoms with E-state index in [0.29, 0.717) is 17.1 Å². The summed E-state index contributed by atoms with van der Waals surface area (Å²) >= 11 is 0. The van der Waals surface area contributed by atoms with Crippen molar-refractivity contribution in [3.05, 3.63) is 77.7 Å². The largest absolute Gasteiger partial charge is 0.396 e. The minimum absolute atomic E-state index is 0.0477. The first-order valence-corrected chi connectivity index (χ1v) is 10.5. The van der Waals surface area contributed by atoms with Crippen LogP contribution in [0.15, 0.2) is 65.6 Å². The molecule has 0 spiro atoms. The molecule has 176 valence electrons. The normalized spacial score (nSPS) is 10.2. The molecule has 0 aliphatic heterocycles. The molecule has 4 N–H and O–H groups in total. The number of aromatic nitrogens is 4. The number of amides is 1. The second-order valence-electron chi connectivity index (χ2n) is 7.55. The van der Waals surface area contributed by atoms with Gasteiger partial charge in [-0.05, 0) is 42.7 Å². The molecule has 10 nitrogen and oxygen atoms in total.